The fourth-order valence-corrected chi connectivity index (χ4v) is 3.44. The Balaban J connectivity index is 1.89. The number of imidazole rings is 1. The van der Waals surface area contributed by atoms with Gasteiger partial charge in [-0.1, -0.05) is 26.0 Å². The third-order valence-electron chi connectivity index (χ3n) is 4.43. The van der Waals surface area contributed by atoms with Crippen LogP contribution in [0.2, 0.25) is 0 Å². The predicted octanol–water partition coefficient (Wildman–Crippen LogP) is 4.58. The van der Waals surface area contributed by atoms with Gasteiger partial charge in [0.2, 0.25) is 0 Å². The second-order valence-corrected chi connectivity index (χ2v) is 7.69. The molecule has 3 aromatic rings. The molecule has 0 saturated carbocycles. The Hall–Kier alpha value is -3.00. The lowest BCUT2D eigenvalue weighted by molar-refractivity contribution is 0.0697. The van der Waals surface area contributed by atoms with Crippen LogP contribution in [-0.4, -0.2) is 25.7 Å². The van der Waals surface area contributed by atoms with Crippen LogP contribution in [0.3, 0.4) is 0 Å². The standard InChI is InChI=1S/C21H23FN4O2S/c1-12(2)11-26-18-9-8-14(20(27)28)10-17(18)24-19(26)13(3)23-21(29)25-16-7-5-4-6-15(16)22/h4-10,12-13H,11H2,1-3H3,(H,27,28)(H2,23,25,29)/t13-/m0/s1. The Kier molecular flexibility index (Phi) is 6.12. The smallest absolute Gasteiger partial charge is 0.335 e. The van der Waals surface area contributed by atoms with E-state index >= 15 is 0 Å². The molecule has 6 nitrogen and oxygen atoms in total. The van der Waals surface area contributed by atoms with Crippen molar-refractivity contribution >= 4 is 40.0 Å². The Morgan fingerprint density at radius 3 is 2.62 bits per heavy atom. The zero-order valence-electron chi connectivity index (χ0n) is 16.4. The molecule has 3 rings (SSSR count). The van der Waals surface area contributed by atoms with Gasteiger partial charge in [0.15, 0.2) is 5.11 Å². The molecule has 152 valence electrons. The van der Waals surface area contributed by atoms with Crippen molar-refractivity contribution in [2.45, 2.75) is 33.4 Å². The summed E-state index contributed by atoms with van der Waals surface area (Å²) in [6, 6.07) is 10.9. The lowest BCUT2D eigenvalue weighted by atomic mass is 10.2. The molecule has 0 bridgehead atoms. The zero-order valence-corrected chi connectivity index (χ0v) is 17.3. The summed E-state index contributed by atoms with van der Waals surface area (Å²) in [5, 5.41) is 15.5. The van der Waals surface area contributed by atoms with Gasteiger partial charge in [0.25, 0.3) is 0 Å². The molecule has 1 aromatic heterocycles. The van der Waals surface area contributed by atoms with Gasteiger partial charge in [0.05, 0.1) is 28.3 Å². The van der Waals surface area contributed by atoms with Gasteiger partial charge in [-0.05, 0) is 55.4 Å². The molecule has 0 amide bonds. The first-order valence-electron chi connectivity index (χ1n) is 9.31. The van der Waals surface area contributed by atoms with Gasteiger partial charge in [0.1, 0.15) is 11.6 Å². The molecular weight excluding hydrogens is 391 g/mol. The molecule has 0 spiro atoms. The summed E-state index contributed by atoms with van der Waals surface area (Å²) < 4.78 is 15.9. The fourth-order valence-electron chi connectivity index (χ4n) is 3.15. The maximum absolute atomic E-state index is 13.8. The molecule has 0 aliphatic rings. The van der Waals surface area contributed by atoms with Crippen molar-refractivity contribution in [3.63, 3.8) is 0 Å². The van der Waals surface area contributed by atoms with Crippen LogP contribution in [0.4, 0.5) is 10.1 Å². The second kappa shape index (κ2) is 8.57. The number of hydrogen-bond donors (Lipinski definition) is 3. The Morgan fingerprint density at radius 1 is 1.24 bits per heavy atom. The van der Waals surface area contributed by atoms with Gasteiger partial charge in [-0.15, -0.1) is 0 Å². The number of para-hydroxylation sites is 1. The topological polar surface area (TPSA) is 79.2 Å². The molecular formula is C21H23FN4O2S. The first-order valence-corrected chi connectivity index (χ1v) is 9.72. The van der Waals surface area contributed by atoms with Crippen molar-refractivity contribution in [3.8, 4) is 0 Å². The van der Waals surface area contributed by atoms with Gasteiger partial charge in [-0.3, -0.25) is 0 Å². The molecule has 3 N–H and O–H groups in total. The van der Waals surface area contributed by atoms with E-state index in [4.69, 9.17) is 12.2 Å². The molecule has 0 radical (unpaired) electrons. The van der Waals surface area contributed by atoms with Crippen LogP contribution in [-0.2, 0) is 6.54 Å². The van der Waals surface area contributed by atoms with Crippen molar-refractivity contribution in [2.24, 2.45) is 5.92 Å². The highest BCUT2D eigenvalue weighted by molar-refractivity contribution is 7.80. The zero-order chi connectivity index (χ0) is 21.1. The number of nitrogens with one attached hydrogen (secondary N) is 2. The number of nitrogens with zero attached hydrogens (tertiary/aromatic N) is 2. The van der Waals surface area contributed by atoms with E-state index in [0.29, 0.717) is 17.1 Å². The fraction of sp³-hybridized carbons (Fsp3) is 0.286. The first kappa shape index (κ1) is 20.7. The molecule has 0 unspecified atom stereocenters. The number of aromatic carboxylic acids is 1. The van der Waals surface area contributed by atoms with Crippen molar-refractivity contribution < 1.29 is 14.3 Å². The molecule has 0 fully saturated rings. The number of hydrogen-bond acceptors (Lipinski definition) is 3. The summed E-state index contributed by atoms with van der Waals surface area (Å²) in [7, 11) is 0. The number of carboxylic acid groups (broad SMARTS) is 1. The Morgan fingerprint density at radius 2 is 1.97 bits per heavy atom. The van der Waals surface area contributed by atoms with Crippen molar-refractivity contribution in [1.29, 1.82) is 0 Å². The van der Waals surface area contributed by atoms with Crippen LogP contribution in [0.1, 0.15) is 43.0 Å². The van der Waals surface area contributed by atoms with E-state index in [1.165, 1.54) is 6.07 Å². The first-order chi connectivity index (χ1) is 13.8. The maximum atomic E-state index is 13.8. The normalized spacial score (nSPS) is 12.2. The molecule has 2 aromatic carbocycles. The molecule has 0 aliphatic carbocycles. The summed E-state index contributed by atoms with van der Waals surface area (Å²) in [4.78, 5) is 16.0. The quantitative estimate of drug-likeness (QED) is 0.513. The highest BCUT2D eigenvalue weighted by atomic mass is 32.1. The maximum Gasteiger partial charge on any atom is 0.335 e. The van der Waals surface area contributed by atoms with Crippen LogP contribution in [0, 0.1) is 11.7 Å². The van der Waals surface area contributed by atoms with E-state index in [2.05, 4.69) is 34.0 Å². The Labute approximate surface area is 173 Å². The van der Waals surface area contributed by atoms with Crippen LogP contribution in [0.5, 0.6) is 0 Å². The van der Waals surface area contributed by atoms with Gasteiger partial charge in [-0.25, -0.2) is 14.2 Å². The third-order valence-corrected chi connectivity index (χ3v) is 4.65. The largest absolute Gasteiger partial charge is 0.478 e. The van der Waals surface area contributed by atoms with Gasteiger partial charge in [-0.2, -0.15) is 0 Å². The van der Waals surface area contributed by atoms with E-state index in [0.717, 1.165) is 17.9 Å². The number of carboxylic acids is 1. The molecule has 0 saturated heterocycles. The lowest BCUT2D eigenvalue weighted by Gasteiger charge is -2.19. The summed E-state index contributed by atoms with van der Waals surface area (Å²) in [6.45, 7) is 6.83. The monoisotopic (exact) mass is 414 g/mol. The number of carbonyl (C=O) groups is 1. The lowest BCUT2D eigenvalue weighted by Crippen LogP contribution is -2.32. The average molecular weight is 415 g/mol. The van der Waals surface area contributed by atoms with Crippen molar-refractivity contribution in [3.05, 3.63) is 59.7 Å². The van der Waals surface area contributed by atoms with Gasteiger partial charge >= 0.3 is 5.97 Å². The van der Waals surface area contributed by atoms with Gasteiger partial charge < -0.3 is 20.3 Å². The molecule has 8 heteroatoms. The van der Waals surface area contributed by atoms with E-state index in [1.54, 1.807) is 36.4 Å². The molecule has 29 heavy (non-hydrogen) atoms. The van der Waals surface area contributed by atoms with Crippen LogP contribution in [0.15, 0.2) is 42.5 Å². The SMILES string of the molecule is CC(C)Cn1c([C@H](C)NC(=S)Nc2ccccc2F)nc2cc(C(=O)O)ccc21. The average Bonchev–Trinajstić information content (AvgIpc) is 3.01. The van der Waals surface area contributed by atoms with E-state index in [1.807, 2.05) is 6.92 Å². The van der Waals surface area contributed by atoms with E-state index < -0.39 is 11.8 Å². The summed E-state index contributed by atoms with van der Waals surface area (Å²) >= 11 is 5.34. The van der Waals surface area contributed by atoms with E-state index in [-0.39, 0.29) is 16.7 Å². The predicted molar refractivity (Wildman–Crippen MR) is 116 cm³/mol. The van der Waals surface area contributed by atoms with Crippen molar-refractivity contribution in [1.82, 2.24) is 14.9 Å². The highest BCUT2D eigenvalue weighted by Gasteiger charge is 2.19. The van der Waals surface area contributed by atoms with Crippen LogP contribution < -0.4 is 10.6 Å². The highest BCUT2D eigenvalue weighted by Crippen LogP contribution is 2.24. The minimum atomic E-state index is -0.992. The number of halogens is 1. The summed E-state index contributed by atoms with van der Waals surface area (Å²) in [5.74, 6) is -0.291. The number of aromatic nitrogens is 2. The number of rotatable bonds is 6. The second-order valence-electron chi connectivity index (χ2n) is 7.28. The number of benzene rings is 2. The third kappa shape index (κ3) is 4.71. The van der Waals surface area contributed by atoms with Crippen LogP contribution >= 0.6 is 12.2 Å². The minimum Gasteiger partial charge on any atom is -0.478 e. The summed E-state index contributed by atoms with van der Waals surface area (Å²) in [6.07, 6.45) is 0. The molecule has 1 atom stereocenters. The van der Waals surface area contributed by atoms with Crippen molar-refractivity contribution in [2.75, 3.05) is 5.32 Å². The van der Waals surface area contributed by atoms with Gasteiger partial charge in [0, 0.05) is 6.54 Å². The molecule has 0 aliphatic heterocycles. The summed E-state index contributed by atoms with van der Waals surface area (Å²) in [5.41, 5.74) is 1.96. The van der Waals surface area contributed by atoms with E-state index in [9.17, 15) is 14.3 Å². The minimum absolute atomic E-state index is 0.190. The molecule has 1 heterocycles. The number of anilines is 1. The number of thiocarbonyl (C=S) groups is 1. The number of fused-ring (bicyclic) bond motifs is 1. The Bertz CT molecular complexity index is 1060. The van der Waals surface area contributed by atoms with Crippen LogP contribution in [0.25, 0.3) is 11.0 Å².